The average molecular weight is 281 g/mol. The van der Waals surface area contributed by atoms with Gasteiger partial charge in [-0.25, -0.2) is 4.68 Å². The van der Waals surface area contributed by atoms with E-state index in [1.165, 1.54) is 11.3 Å². The molecule has 1 aliphatic rings. The third-order valence-corrected chi connectivity index (χ3v) is 3.99. The lowest BCUT2D eigenvalue weighted by Gasteiger charge is -2.05. The maximum Gasteiger partial charge on any atom is 0.0660 e. The summed E-state index contributed by atoms with van der Waals surface area (Å²) >= 11 is 5.43. The lowest BCUT2D eigenvalue weighted by Crippen LogP contribution is -1.99. The van der Waals surface area contributed by atoms with Crippen molar-refractivity contribution in [3.63, 3.8) is 0 Å². The maximum atomic E-state index is 4.43. The molecule has 0 fully saturated rings. The van der Waals surface area contributed by atoms with E-state index < -0.39 is 0 Å². The van der Waals surface area contributed by atoms with Crippen molar-refractivity contribution in [1.82, 2.24) is 9.78 Å². The number of hydrogen-bond donors (Lipinski definition) is 0. The quantitative estimate of drug-likeness (QED) is 0.797. The van der Waals surface area contributed by atoms with E-state index in [2.05, 4.69) is 33.2 Å². The Hall–Kier alpha value is -0.740. The van der Waals surface area contributed by atoms with Crippen molar-refractivity contribution >= 4 is 27.7 Å². The van der Waals surface area contributed by atoms with Gasteiger partial charge in [0.15, 0.2) is 0 Å². The number of aromatic nitrogens is 2. The highest BCUT2D eigenvalue weighted by atomic mass is 79.9. The molecule has 0 aliphatic carbocycles. The van der Waals surface area contributed by atoms with E-state index in [0.717, 1.165) is 21.7 Å². The molecule has 0 unspecified atom stereocenters. The number of nitrogens with zero attached hydrogens (tertiary/aromatic N) is 2. The van der Waals surface area contributed by atoms with Crippen molar-refractivity contribution < 1.29 is 0 Å². The van der Waals surface area contributed by atoms with Crippen LogP contribution in [-0.2, 0) is 11.5 Å². The van der Waals surface area contributed by atoms with Crippen LogP contribution in [0.3, 0.4) is 0 Å². The van der Waals surface area contributed by atoms with E-state index in [9.17, 15) is 0 Å². The van der Waals surface area contributed by atoms with E-state index in [1.807, 2.05) is 34.8 Å². The van der Waals surface area contributed by atoms with E-state index in [-0.39, 0.29) is 0 Å². The molecule has 2 aromatic rings. The molecule has 1 aromatic heterocycles. The summed E-state index contributed by atoms with van der Waals surface area (Å²) in [6.45, 7) is 0. The fraction of sp³-hybridized carbons (Fsp3) is 0.182. The van der Waals surface area contributed by atoms with Crippen LogP contribution >= 0.6 is 27.7 Å². The minimum atomic E-state index is 1.07. The number of thioether (sulfide) groups is 1. The average Bonchev–Trinajstić information content (AvgIpc) is 2.77. The van der Waals surface area contributed by atoms with Gasteiger partial charge in [-0.1, -0.05) is 22.0 Å². The highest BCUT2D eigenvalue weighted by molar-refractivity contribution is 9.10. The van der Waals surface area contributed by atoms with Crippen molar-refractivity contribution in [3.8, 4) is 5.69 Å². The molecule has 0 N–H and O–H groups in total. The monoisotopic (exact) mass is 280 g/mol. The first-order valence-corrected chi connectivity index (χ1v) is 6.69. The Labute approximate surface area is 101 Å². The second-order valence-corrected chi connectivity index (χ2v) is 5.40. The van der Waals surface area contributed by atoms with Crippen LogP contribution in [0.25, 0.3) is 5.69 Å². The van der Waals surface area contributed by atoms with E-state index >= 15 is 0 Å². The maximum absolute atomic E-state index is 4.43. The zero-order valence-electron chi connectivity index (χ0n) is 7.98. The highest BCUT2D eigenvalue weighted by Crippen LogP contribution is 2.31. The summed E-state index contributed by atoms with van der Waals surface area (Å²) in [5.41, 5.74) is 3.85. The molecule has 0 atom stereocenters. The first kappa shape index (κ1) is 9.48. The van der Waals surface area contributed by atoms with Crippen LogP contribution in [0.4, 0.5) is 0 Å². The lowest BCUT2D eigenvalue weighted by atomic mass is 10.3. The minimum Gasteiger partial charge on any atom is -0.237 e. The molecular weight excluding hydrogens is 272 g/mol. The van der Waals surface area contributed by atoms with Crippen LogP contribution in [0, 0.1) is 0 Å². The third kappa shape index (κ3) is 1.62. The largest absolute Gasteiger partial charge is 0.237 e. The zero-order chi connectivity index (χ0) is 10.3. The molecule has 1 aromatic carbocycles. The highest BCUT2D eigenvalue weighted by Gasteiger charge is 2.17. The van der Waals surface area contributed by atoms with Gasteiger partial charge in [-0.05, 0) is 18.2 Å². The molecule has 2 heterocycles. The summed E-state index contributed by atoms with van der Waals surface area (Å²) in [5.74, 6) is 2.17. The molecule has 2 nitrogen and oxygen atoms in total. The topological polar surface area (TPSA) is 17.8 Å². The minimum absolute atomic E-state index is 1.07. The molecule has 0 spiro atoms. The van der Waals surface area contributed by atoms with Gasteiger partial charge in [-0.2, -0.15) is 16.9 Å². The van der Waals surface area contributed by atoms with Crippen molar-refractivity contribution in [3.05, 3.63) is 46.2 Å². The van der Waals surface area contributed by atoms with E-state index in [0.29, 0.717) is 0 Å². The molecule has 0 radical (unpaired) electrons. The Morgan fingerprint density at radius 3 is 3.13 bits per heavy atom. The normalized spacial score (nSPS) is 14.2. The van der Waals surface area contributed by atoms with Gasteiger partial charge >= 0.3 is 0 Å². The summed E-state index contributed by atoms with van der Waals surface area (Å²) in [5, 5.41) is 4.43. The standard InChI is InChI=1S/C11H9BrN2S/c12-9-2-1-3-10(4-9)14-11-7-15-6-8(11)5-13-14/h1-5H,6-7H2. The van der Waals surface area contributed by atoms with Gasteiger partial charge in [-0.3, -0.25) is 0 Å². The van der Waals surface area contributed by atoms with Crippen LogP contribution in [0.15, 0.2) is 34.9 Å². The summed E-state index contributed by atoms with van der Waals surface area (Å²) in [7, 11) is 0. The predicted molar refractivity (Wildman–Crippen MR) is 66.3 cm³/mol. The summed E-state index contributed by atoms with van der Waals surface area (Å²) in [6.07, 6.45) is 1.98. The molecule has 4 heteroatoms. The summed E-state index contributed by atoms with van der Waals surface area (Å²) < 4.78 is 3.13. The van der Waals surface area contributed by atoms with Crippen LogP contribution < -0.4 is 0 Å². The fourth-order valence-corrected chi connectivity index (χ4v) is 3.22. The number of hydrogen-bond acceptors (Lipinski definition) is 2. The van der Waals surface area contributed by atoms with Gasteiger partial charge in [0.1, 0.15) is 0 Å². The van der Waals surface area contributed by atoms with E-state index in [1.54, 1.807) is 0 Å². The second-order valence-electron chi connectivity index (χ2n) is 3.50. The number of benzene rings is 1. The first-order valence-electron chi connectivity index (χ1n) is 4.74. The molecule has 15 heavy (non-hydrogen) atoms. The molecule has 1 aliphatic heterocycles. The first-order chi connectivity index (χ1) is 7.34. The smallest absolute Gasteiger partial charge is 0.0660 e. The summed E-state index contributed by atoms with van der Waals surface area (Å²) in [6, 6.07) is 8.24. The number of fused-ring (bicyclic) bond motifs is 1. The summed E-state index contributed by atoms with van der Waals surface area (Å²) in [4.78, 5) is 0. The van der Waals surface area contributed by atoms with Crippen molar-refractivity contribution in [1.29, 1.82) is 0 Å². The SMILES string of the molecule is Brc1cccc(-n2ncc3c2CSC3)c1. The lowest BCUT2D eigenvalue weighted by molar-refractivity contribution is 0.842. The molecule has 76 valence electrons. The van der Waals surface area contributed by atoms with Gasteiger partial charge in [0.25, 0.3) is 0 Å². The molecule has 3 rings (SSSR count). The second kappa shape index (κ2) is 3.68. The van der Waals surface area contributed by atoms with Crippen molar-refractivity contribution in [2.45, 2.75) is 11.5 Å². The fourth-order valence-electron chi connectivity index (χ4n) is 1.77. The molecular formula is C11H9BrN2S. The van der Waals surface area contributed by atoms with Gasteiger partial charge < -0.3 is 0 Å². The van der Waals surface area contributed by atoms with Gasteiger partial charge in [-0.15, -0.1) is 0 Å². The molecule has 0 amide bonds. The Kier molecular flexibility index (Phi) is 2.33. The number of halogens is 1. The molecule has 0 saturated carbocycles. The van der Waals surface area contributed by atoms with Crippen LogP contribution in [0.1, 0.15) is 11.3 Å². The van der Waals surface area contributed by atoms with Crippen molar-refractivity contribution in [2.75, 3.05) is 0 Å². The zero-order valence-corrected chi connectivity index (χ0v) is 10.4. The Morgan fingerprint density at radius 2 is 2.27 bits per heavy atom. The Balaban J connectivity index is 2.13. The number of rotatable bonds is 1. The van der Waals surface area contributed by atoms with Gasteiger partial charge in [0.05, 0.1) is 17.6 Å². The van der Waals surface area contributed by atoms with Crippen molar-refractivity contribution in [2.24, 2.45) is 0 Å². The molecule has 0 saturated heterocycles. The van der Waals surface area contributed by atoms with Gasteiger partial charge in [0.2, 0.25) is 0 Å². The predicted octanol–water partition coefficient (Wildman–Crippen LogP) is 3.38. The Morgan fingerprint density at radius 1 is 1.33 bits per heavy atom. The van der Waals surface area contributed by atoms with Crippen LogP contribution in [-0.4, -0.2) is 9.78 Å². The Bertz CT molecular complexity index is 507. The van der Waals surface area contributed by atoms with Crippen LogP contribution in [0.2, 0.25) is 0 Å². The van der Waals surface area contributed by atoms with E-state index in [4.69, 9.17) is 0 Å². The third-order valence-electron chi connectivity index (χ3n) is 2.50. The van der Waals surface area contributed by atoms with Gasteiger partial charge in [0, 0.05) is 21.5 Å². The molecule has 0 bridgehead atoms. The van der Waals surface area contributed by atoms with Crippen LogP contribution in [0.5, 0.6) is 0 Å².